The van der Waals surface area contributed by atoms with Crippen LogP contribution in [0.3, 0.4) is 0 Å². The lowest BCUT2D eigenvalue weighted by atomic mass is 10.3. The van der Waals surface area contributed by atoms with E-state index in [-0.39, 0.29) is 11.3 Å². The van der Waals surface area contributed by atoms with Gasteiger partial charge in [0.1, 0.15) is 5.37 Å². The fraction of sp³-hybridized carbons (Fsp3) is 0.200. The second kappa shape index (κ2) is 4.68. The Morgan fingerprint density at radius 2 is 2.33 bits per heavy atom. The first-order chi connectivity index (χ1) is 7.25. The van der Waals surface area contributed by atoms with Gasteiger partial charge in [-0.1, -0.05) is 23.7 Å². The number of carbonyl (C=O) groups is 1. The van der Waals surface area contributed by atoms with Crippen LogP contribution in [0.1, 0.15) is 0 Å². The molecular formula is C10H9ClN2OS. The van der Waals surface area contributed by atoms with Crippen LogP contribution in [-0.4, -0.2) is 23.2 Å². The van der Waals surface area contributed by atoms with Crippen LogP contribution in [0.15, 0.2) is 29.3 Å². The molecule has 0 saturated carbocycles. The van der Waals surface area contributed by atoms with Crippen LogP contribution in [0, 0.1) is 0 Å². The van der Waals surface area contributed by atoms with Crippen molar-refractivity contribution < 1.29 is 4.79 Å². The summed E-state index contributed by atoms with van der Waals surface area (Å²) in [5.41, 5.74) is 0.723. The Hall–Kier alpha value is -1.00. The molecule has 0 bridgehead atoms. The number of nitrogens with one attached hydrogen (secondary N) is 1. The molecule has 2 rings (SSSR count). The van der Waals surface area contributed by atoms with Gasteiger partial charge in [0.15, 0.2) is 0 Å². The molecule has 0 radical (unpaired) electrons. The normalized spacial score (nSPS) is 20.9. The fourth-order valence-corrected chi connectivity index (χ4v) is 2.15. The highest BCUT2D eigenvalue weighted by molar-refractivity contribution is 8.01. The van der Waals surface area contributed by atoms with Crippen molar-refractivity contribution in [1.29, 1.82) is 0 Å². The standard InChI is InChI=1S/C10H9ClN2OS/c11-7-3-1-2-4-8(7)12-5-10-13-9(14)6-15-10/h1-5,10H,6H2,(H,13,14). The Labute approximate surface area is 96.9 Å². The number of aliphatic imine (C=N–C) groups is 1. The third-order valence-electron chi connectivity index (χ3n) is 1.90. The van der Waals surface area contributed by atoms with Crippen LogP contribution < -0.4 is 5.32 Å². The highest BCUT2D eigenvalue weighted by atomic mass is 35.5. The summed E-state index contributed by atoms with van der Waals surface area (Å²) in [6.45, 7) is 0. The monoisotopic (exact) mass is 240 g/mol. The van der Waals surface area contributed by atoms with Crippen LogP contribution in [0.4, 0.5) is 5.69 Å². The summed E-state index contributed by atoms with van der Waals surface area (Å²) in [5.74, 6) is 0.551. The van der Waals surface area contributed by atoms with Gasteiger partial charge in [0.05, 0.1) is 16.5 Å². The van der Waals surface area contributed by atoms with E-state index in [4.69, 9.17) is 11.6 Å². The summed E-state index contributed by atoms with van der Waals surface area (Å²) < 4.78 is 0. The Balaban J connectivity index is 2.05. The van der Waals surface area contributed by atoms with E-state index in [1.807, 2.05) is 18.2 Å². The molecule has 5 heteroatoms. The SMILES string of the molecule is O=C1CSC(C=Nc2ccccc2Cl)N1. The van der Waals surface area contributed by atoms with Gasteiger partial charge in [-0.15, -0.1) is 11.8 Å². The maximum atomic E-state index is 10.9. The molecule has 1 aliphatic rings. The molecule has 3 nitrogen and oxygen atoms in total. The number of carbonyl (C=O) groups excluding carboxylic acids is 1. The van der Waals surface area contributed by atoms with Gasteiger partial charge in [-0.25, -0.2) is 0 Å². The molecule has 0 aromatic heterocycles. The number of hydrogen-bond acceptors (Lipinski definition) is 3. The van der Waals surface area contributed by atoms with E-state index in [1.54, 1.807) is 12.3 Å². The highest BCUT2D eigenvalue weighted by Gasteiger charge is 2.18. The molecule has 1 atom stereocenters. The lowest BCUT2D eigenvalue weighted by Gasteiger charge is -2.01. The Kier molecular flexibility index (Phi) is 3.28. The zero-order valence-corrected chi connectivity index (χ0v) is 9.39. The number of amides is 1. The third-order valence-corrected chi connectivity index (χ3v) is 3.25. The zero-order chi connectivity index (χ0) is 10.7. The number of rotatable bonds is 2. The number of halogens is 1. The van der Waals surface area contributed by atoms with E-state index in [0.717, 1.165) is 5.69 Å². The summed E-state index contributed by atoms with van der Waals surface area (Å²) in [6.07, 6.45) is 1.71. The van der Waals surface area contributed by atoms with Crippen LogP contribution in [0.2, 0.25) is 5.02 Å². The summed E-state index contributed by atoms with van der Waals surface area (Å²) >= 11 is 7.45. The summed E-state index contributed by atoms with van der Waals surface area (Å²) in [7, 11) is 0. The maximum absolute atomic E-state index is 10.9. The van der Waals surface area contributed by atoms with Gasteiger partial charge in [0, 0.05) is 6.21 Å². The molecule has 1 unspecified atom stereocenters. The molecule has 1 aromatic rings. The molecule has 0 aliphatic carbocycles. The van der Waals surface area contributed by atoms with E-state index in [1.165, 1.54) is 11.8 Å². The van der Waals surface area contributed by atoms with Crippen LogP contribution in [-0.2, 0) is 4.79 Å². The predicted octanol–water partition coefficient (Wildman–Crippen LogP) is 2.23. The molecular weight excluding hydrogens is 232 g/mol. The van der Waals surface area contributed by atoms with E-state index in [2.05, 4.69) is 10.3 Å². The van der Waals surface area contributed by atoms with Crippen molar-refractivity contribution in [2.45, 2.75) is 5.37 Å². The molecule has 1 amide bonds. The van der Waals surface area contributed by atoms with Crippen molar-refractivity contribution in [3.63, 3.8) is 0 Å². The van der Waals surface area contributed by atoms with Crippen LogP contribution in [0.25, 0.3) is 0 Å². The smallest absolute Gasteiger partial charge is 0.231 e. The number of thioether (sulfide) groups is 1. The van der Waals surface area contributed by atoms with Gasteiger partial charge in [-0.05, 0) is 12.1 Å². The van der Waals surface area contributed by atoms with Crippen LogP contribution in [0.5, 0.6) is 0 Å². The first kappa shape index (κ1) is 10.5. The average Bonchev–Trinajstić information content (AvgIpc) is 2.63. The minimum atomic E-state index is -0.0335. The first-order valence-corrected chi connectivity index (χ1v) is 5.88. The minimum Gasteiger partial charge on any atom is -0.339 e. The number of nitrogens with zero attached hydrogens (tertiary/aromatic N) is 1. The quantitative estimate of drug-likeness (QED) is 0.806. The van der Waals surface area contributed by atoms with E-state index in [9.17, 15) is 4.79 Å². The van der Waals surface area contributed by atoms with Gasteiger partial charge in [-0.3, -0.25) is 9.79 Å². The van der Waals surface area contributed by atoms with Gasteiger partial charge in [-0.2, -0.15) is 0 Å². The Morgan fingerprint density at radius 3 is 3.00 bits per heavy atom. The van der Waals surface area contributed by atoms with Crippen molar-refractivity contribution in [3.8, 4) is 0 Å². The highest BCUT2D eigenvalue weighted by Crippen LogP contribution is 2.24. The lowest BCUT2D eigenvalue weighted by Crippen LogP contribution is -2.25. The fourth-order valence-electron chi connectivity index (χ4n) is 1.19. The summed E-state index contributed by atoms with van der Waals surface area (Å²) in [6, 6.07) is 7.35. The molecule has 1 saturated heterocycles. The Morgan fingerprint density at radius 1 is 1.53 bits per heavy atom. The van der Waals surface area contributed by atoms with Crippen molar-refractivity contribution in [2.75, 3.05) is 5.75 Å². The van der Waals surface area contributed by atoms with E-state index in [0.29, 0.717) is 10.8 Å². The lowest BCUT2D eigenvalue weighted by molar-refractivity contribution is -0.117. The third kappa shape index (κ3) is 2.73. The van der Waals surface area contributed by atoms with Crippen molar-refractivity contribution >= 4 is 41.2 Å². The molecule has 15 heavy (non-hydrogen) atoms. The van der Waals surface area contributed by atoms with Gasteiger partial charge in [0.2, 0.25) is 5.91 Å². The van der Waals surface area contributed by atoms with Crippen molar-refractivity contribution in [3.05, 3.63) is 29.3 Å². The second-order valence-electron chi connectivity index (χ2n) is 3.03. The molecule has 78 valence electrons. The number of para-hydroxylation sites is 1. The minimum absolute atomic E-state index is 0.0335. The molecule has 1 heterocycles. The average molecular weight is 241 g/mol. The van der Waals surface area contributed by atoms with Crippen LogP contribution >= 0.6 is 23.4 Å². The topological polar surface area (TPSA) is 41.5 Å². The summed E-state index contributed by atoms with van der Waals surface area (Å²) in [4.78, 5) is 15.1. The first-order valence-electron chi connectivity index (χ1n) is 4.45. The zero-order valence-electron chi connectivity index (χ0n) is 7.81. The molecule has 1 aromatic carbocycles. The predicted molar refractivity (Wildman–Crippen MR) is 64.0 cm³/mol. The van der Waals surface area contributed by atoms with Gasteiger partial charge >= 0.3 is 0 Å². The van der Waals surface area contributed by atoms with Gasteiger partial charge < -0.3 is 5.32 Å². The Bertz CT molecular complexity index is 408. The summed E-state index contributed by atoms with van der Waals surface area (Å²) in [5, 5.41) is 3.36. The largest absolute Gasteiger partial charge is 0.339 e. The molecule has 1 aliphatic heterocycles. The van der Waals surface area contributed by atoms with Crippen molar-refractivity contribution in [2.24, 2.45) is 4.99 Å². The van der Waals surface area contributed by atoms with E-state index >= 15 is 0 Å². The maximum Gasteiger partial charge on any atom is 0.231 e. The number of hydrogen-bond donors (Lipinski definition) is 1. The van der Waals surface area contributed by atoms with Crippen molar-refractivity contribution in [1.82, 2.24) is 5.32 Å². The second-order valence-corrected chi connectivity index (χ2v) is 4.57. The molecule has 1 N–H and O–H groups in total. The molecule has 1 fully saturated rings. The molecule has 0 spiro atoms. The number of benzene rings is 1. The van der Waals surface area contributed by atoms with E-state index < -0.39 is 0 Å². The van der Waals surface area contributed by atoms with Gasteiger partial charge in [0.25, 0.3) is 0 Å².